The molecule has 0 saturated carbocycles. The zero-order valence-corrected chi connectivity index (χ0v) is 10.4. The molecule has 1 aromatic carbocycles. The van der Waals surface area contributed by atoms with E-state index in [1.54, 1.807) is 12.1 Å². The highest BCUT2D eigenvalue weighted by Gasteiger charge is 2.14. The van der Waals surface area contributed by atoms with E-state index in [9.17, 15) is 4.79 Å². The number of rotatable bonds is 3. The van der Waals surface area contributed by atoms with E-state index in [4.69, 9.17) is 5.11 Å². The van der Waals surface area contributed by atoms with Crippen LogP contribution in [0.25, 0.3) is 22.5 Å². The van der Waals surface area contributed by atoms with E-state index in [0.717, 1.165) is 11.3 Å². The number of carbonyl (C=O) groups is 1. The molecule has 5 nitrogen and oxygen atoms in total. The smallest absolute Gasteiger partial charge is 0.355 e. The summed E-state index contributed by atoms with van der Waals surface area (Å²) in [5.74, 6) is -1.06. The molecule has 0 aliphatic carbocycles. The number of H-pyrrole nitrogens is 1. The minimum Gasteiger partial charge on any atom is -0.476 e. The maximum atomic E-state index is 11.2. The monoisotopic (exact) mass is 265 g/mol. The standard InChI is InChI=1S/C15H11N3O2/c19-15(20)14-11(7-4-8-16-14)13-9-12(17-18-13)10-5-2-1-3-6-10/h1-9H,(H,17,18)(H,19,20). The van der Waals surface area contributed by atoms with Crippen molar-refractivity contribution in [1.82, 2.24) is 15.2 Å². The van der Waals surface area contributed by atoms with Gasteiger partial charge in [0.1, 0.15) is 0 Å². The van der Waals surface area contributed by atoms with Gasteiger partial charge in [-0.25, -0.2) is 9.78 Å². The molecule has 0 spiro atoms. The second kappa shape index (κ2) is 4.97. The zero-order valence-electron chi connectivity index (χ0n) is 10.4. The molecular formula is C15H11N3O2. The topological polar surface area (TPSA) is 78.9 Å². The first-order valence-electron chi connectivity index (χ1n) is 6.05. The highest BCUT2D eigenvalue weighted by atomic mass is 16.4. The molecule has 0 aliphatic heterocycles. The number of pyridine rings is 1. The van der Waals surface area contributed by atoms with Gasteiger partial charge in [-0.15, -0.1) is 0 Å². The number of hydrogen-bond donors (Lipinski definition) is 2. The highest BCUT2D eigenvalue weighted by molar-refractivity contribution is 5.93. The Morgan fingerprint density at radius 3 is 2.65 bits per heavy atom. The minimum atomic E-state index is -1.06. The maximum Gasteiger partial charge on any atom is 0.355 e. The van der Waals surface area contributed by atoms with Gasteiger partial charge in [-0.1, -0.05) is 30.3 Å². The van der Waals surface area contributed by atoms with E-state index in [-0.39, 0.29) is 5.69 Å². The molecule has 0 aliphatic rings. The summed E-state index contributed by atoms with van der Waals surface area (Å²) in [5, 5.41) is 16.2. The van der Waals surface area contributed by atoms with E-state index in [0.29, 0.717) is 11.3 Å². The lowest BCUT2D eigenvalue weighted by atomic mass is 10.1. The predicted octanol–water partition coefficient (Wildman–Crippen LogP) is 2.84. The van der Waals surface area contributed by atoms with Crippen molar-refractivity contribution in [3.63, 3.8) is 0 Å². The molecule has 3 rings (SSSR count). The number of carboxylic acids is 1. The number of carboxylic acid groups (broad SMARTS) is 1. The second-order valence-corrected chi connectivity index (χ2v) is 4.24. The van der Waals surface area contributed by atoms with Gasteiger partial charge in [0.2, 0.25) is 0 Å². The molecule has 0 amide bonds. The Hall–Kier alpha value is -2.95. The lowest BCUT2D eigenvalue weighted by Gasteiger charge is -2.00. The first-order chi connectivity index (χ1) is 9.75. The third kappa shape index (κ3) is 2.16. The van der Waals surface area contributed by atoms with Gasteiger partial charge >= 0.3 is 5.97 Å². The van der Waals surface area contributed by atoms with Gasteiger partial charge in [-0.2, -0.15) is 5.10 Å². The van der Waals surface area contributed by atoms with Crippen molar-refractivity contribution in [2.75, 3.05) is 0 Å². The summed E-state index contributed by atoms with van der Waals surface area (Å²) >= 11 is 0. The number of aromatic carboxylic acids is 1. The van der Waals surface area contributed by atoms with Gasteiger partial charge < -0.3 is 5.11 Å². The molecule has 20 heavy (non-hydrogen) atoms. The van der Waals surface area contributed by atoms with Crippen molar-refractivity contribution in [3.05, 3.63) is 60.4 Å². The van der Waals surface area contributed by atoms with Gasteiger partial charge in [-0.3, -0.25) is 5.10 Å². The normalized spacial score (nSPS) is 10.4. The van der Waals surface area contributed by atoms with Crippen LogP contribution in [0.15, 0.2) is 54.7 Å². The largest absolute Gasteiger partial charge is 0.476 e. The van der Waals surface area contributed by atoms with Crippen molar-refractivity contribution in [3.8, 4) is 22.5 Å². The first kappa shape index (κ1) is 12.1. The lowest BCUT2D eigenvalue weighted by Crippen LogP contribution is -2.02. The fourth-order valence-corrected chi connectivity index (χ4v) is 2.01. The summed E-state index contributed by atoms with van der Waals surface area (Å²) in [7, 11) is 0. The van der Waals surface area contributed by atoms with Crippen molar-refractivity contribution in [1.29, 1.82) is 0 Å². The molecule has 0 bridgehead atoms. The van der Waals surface area contributed by atoms with Crippen LogP contribution in [0.3, 0.4) is 0 Å². The van der Waals surface area contributed by atoms with Crippen LogP contribution in [0.1, 0.15) is 10.5 Å². The average molecular weight is 265 g/mol. The molecule has 0 atom stereocenters. The summed E-state index contributed by atoms with van der Waals surface area (Å²) in [6, 6.07) is 14.9. The predicted molar refractivity (Wildman–Crippen MR) is 74.2 cm³/mol. The highest BCUT2D eigenvalue weighted by Crippen LogP contribution is 2.25. The molecule has 2 aromatic heterocycles. The number of nitrogens with one attached hydrogen (secondary N) is 1. The molecular weight excluding hydrogens is 254 g/mol. The fourth-order valence-electron chi connectivity index (χ4n) is 2.01. The number of benzene rings is 1. The Morgan fingerprint density at radius 1 is 1.10 bits per heavy atom. The van der Waals surface area contributed by atoms with E-state index >= 15 is 0 Å². The quantitative estimate of drug-likeness (QED) is 0.763. The van der Waals surface area contributed by atoms with Crippen LogP contribution >= 0.6 is 0 Å². The van der Waals surface area contributed by atoms with Gasteiger partial charge in [-0.05, 0) is 18.2 Å². The lowest BCUT2D eigenvalue weighted by molar-refractivity contribution is 0.0691. The molecule has 2 N–H and O–H groups in total. The average Bonchev–Trinajstić information content (AvgIpc) is 2.98. The molecule has 0 fully saturated rings. The molecule has 5 heteroatoms. The Balaban J connectivity index is 2.05. The Kier molecular flexibility index (Phi) is 3.01. The molecule has 0 saturated heterocycles. The number of aromatic amines is 1. The van der Waals surface area contributed by atoms with Crippen LogP contribution in [0.4, 0.5) is 0 Å². The van der Waals surface area contributed by atoms with E-state index in [1.165, 1.54) is 6.20 Å². The van der Waals surface area contributed by atoms with Crippen molar-refractivity contribution < 1.29 is 9.90 Å². The van der Waals surface area contributed by atoms with Gasteiger partial charge in [0.25, 0.3) is 0 Å². The van der Waals surface area contributed by atoms with Crippen molar-refractivity contribution in [2.24, 2.45) is 0 Å². The van der Waals surface area contributed by atoms with Crippen LogP contribution < -0.4 is 0 Å². The molecule has 2 heterocycles. The van der Waals surface area contributed by atoms with Crippen LogP contribution in [-0.4, -0.2) is 26.3 Å². The summed E-state index contributed by atoms with van der Waals surface area (Å²) in [4.78, 5) is 15.1. The van der Waals surface area contributed by atoms with E-state index < -0.39 is 5.97 Å². The van der Waals surface area contributed by atoms with Crippen molar-refractivity contribution >= 4 is 5.97 Å². The Bertz CT molecular complexity index is 751. The van der Waals surface area contributed by atoms with Crippen LogP contribution in [0.5, 0.6) is 0 Å². The third-order valence-corrected chi connectivity index (χ3v) is 2.95. The number of nitrogens with zero attached hydrogens (tertiary/aromatic N) is 2. The van der Waals surface area contributed by atoms with Gasteiger partial charge in [0.15, 0.2) is 5.69 Å². The zero-order chi connectivity index (χ0) is 13.9. The summed E-state index contributed by atoms with van der Waals surface area (Å²) in [5.41, 5.74) is 2.90. The number of aromatic nitrogens is 3. The van der Waals surface area contributed by atoms with Crippen LogP contribution in [0, 0.1) is 0 Å². The summed E-state index contributed by atoms with van der Waals surface area (Å²) < 4.78 is 0. The van der Waals surface area contributed by atoms with Gasteiger partial charge in [0.05, 0.1) is 11.4 Å². The van der Waals surface area contributed by atoms with E-state index in [1.807, 2.05) is 36.4 Å². The van der Waals surface area contributed by atoms with E-state index in [2.05, 4.69) is 15.2 Å². The Morgan fingerprint density at radius 2 is 1.90 bits per heavy atom. The van der Waals surface area contributed by atoms with Crippen molar-refractivity contribution in [2.45, 2.75) is 0 Å². The number of hydrogen-bond acceptors (Lipinski definition) is 3. The SMILES string of the molecule is O=C(O)c1ncccc1-c1cc(-c2ccccc2)n[nH]1. The summed E-state index contributed by atoms with van der Waals surface area (Å²) in [6.45, 7) is 0. The fraction of sp³-hybridized carbons (Fsp3) is 0. The first-order valence-corrected chi connectivity index (χ1v) is 6.05. The Labute approximate surface area is 114 Å². The van der Waals surface area contributed by atoms with Crippen LogP contribution in [-0.2, 0) is 0 Å². The minimum absolute atomic E-state index is 0.00996. The molecule has 0 radical (unpaired) electrons. The molecule has 98 valence electrons. The van der Waals surface area contributed by atoms with Crippen LogP contribution in [0.2, 0.25) is 0 Å². The second-order valence-electron chi connectivity index (χ2n) is 4.24. The third-order valence-electron chi connectivity index (χ3n) is 2.95. The van der Waals surface area contributed by atoms with Gasteiger partial charge in [0, 0.05) is 17.3 Å². The summed E-state index contributed by atoms with van der Waals surface area (Å²) in [6.07, 6.45) is 1.46. The molecule has 0 unspecified atom stereocenters. The maximum absolute atomic E-state index is 11.2. The molecule has 3 aromatic rings.